The maximum absolute atomic E-state index is 11.7. The van der Waals surface area contributed by atoms with Crippen molar-refractivity contribution in [2.45, 2.75) is 33.3 Å². The molecule has 0 aromatic carbocycles. The predicted molar refractivity (Wildman–Crippen MR) is 118 cm³/mol. The summed E-state index contributed by atoms with van der Waals surface area (Å²) in [5.74, 6) is 1.91. The molecule has 0 aliphatic heterocycles. The van der Waals surface area contributed by atoms with Gasteiger partial charge in [0.2, 0.25) is 0 Å². The minimum absolute atomic E-state index is 0.405. The molecular formula is C20H25N7O2S. The van der Waals surface area contributed by atoms with Gasteiger partial charge in [-0.3, -0.25) is 4.98 Å². The molecule has 0 radical (unpaired) electrons. The van der Waals surface area contributed by atoms with Gasteiger partial charge in [-0.05, 0) is 45.4 Å². The van der Waals surface area contributed by atoms with Crippen LogP contribution < -0.4 is 16.0 Å². The molecule has 10 heteroatoms. The van der Waals surface area contributed by atoms with Crippen molar-refractivity contribution in [2.75, 3.05) is 23.7 Å². The van der Waals surface area contributed by atoms with E-state index in [4.69, 9.17) is 4.74 Å². The Balaban J connectivity index is 1.55. The summed E-state index contributed by atoms with van der Waals surface area (Å²) in [5, 5.41) is 9.83. The van der Waals surface area contributed by atoms with Gasteiger partial charge < -0.3 is 20.7 Å². The molecule has 0 spiro atoms. The predicted octanol–water partition coefficient (Wildman–Crippen LogP) is 3.98. The Kier molecular flexibility index (Phi) is 6.78. The summed E-state index contributed by atoms with van der Waals surface area (Å²) in [7, 11) is 0. The Morgan fingerprint density at radius 2 is 1.87 bits per heavy atom. The van der Waals surface area contributed by atoms with E-state index in [0.717, 1.165) is 15.6 Å². The third-order valence-corrected chi connectivity index (χ3v) is 4.60. The first-order valence-corrected chi connectivity index (χ1v) is 10.3. The lowest BCUT2D eigenvalue weighted by molar-refractivity contribution is 0.0530. The number of pyridine rings is 1. The van der Waals surface area contributed by atoms with Crippen LogP contribution in [0.4, 0.5) is 21.6 Å². The first kappa shape index (κ1) is 21.4. The largest absolute Gasteiger partial charge is 0.444 e. The number of rotatable bonds is 7. The molecule has 0 saturated heterocycles. The Labute approximate surface area is 179 Å². The van der Waals surface area contributed by atoms with Crippen LogP contribution in [0.25, 0.3) is 10.4 Å². The SMILES string of the molecule is Cc1nc(NCCNC(=O)OC(C)(C)C)cc(Nc2ncc(-c3ccncc3)s2)n1. The van der Waals surface area contributed by atoms with Crippen molar-refractivity contribution in [3.05, 3.63) is 42.6 Å². The number of aryl methyl sites for hydroxylation is 1. The summed E-state index contributed by atoms with van der Waals surface area (Å²) >= 11 is 1.53. The maximum atomic E-state index is 11.7. The van der Waals surface area contributed by atoms with Crippen molar-refractivity contribution >= 4 is 34.2 Å². The van der Waals surface area contributed by atoms with Crippen molar-refractivity contribution in [3.8, 4) is 10.4 Å². The molecule has 0 bridgehead atoms. The summed E-state index contributed by atoms with van der Waals surface area (Å²) in [6.45, 7) is 8.20. The summed E-state index contributed by atoms with van der Waals surface area (Å²) in [4.78, 5) is 30.0. The molecule has 3 aromatic rings. The van der Waals surface area contributed by atoms with E-state index in [0.29, 0.717) is 30.5 Å². The lowest BCUT2D eigenvalue weighted by Gasteiger charge is -2.19. The van der Waals surface area contributed by atoms with Crippen LogP contribution >= 0.6 is 11.3 Å². The molecule has 3 aromatic heterocycles. The third kappa shape index (κ3) is 6.66. The molecule has 1 amide bonds. The van der Waals surface area contributed by atoms with Gasteiger partial charge >= 0.3 is 6.09 Å². The zero-order valence-electron chi connectivity index (χ0n) is 17.4. The van der Waals surface area contributed by atoms with Crippen LogP contribution in [0, 0.1) is 6.92 Å². The number of hydrogen-bond donors (Lipinski definition) is 3. The topological polar surface area (TPSA) is 114 Å². The van der Waals surface area contributed by atoms with Crippen molar-refractivity contribution in [1.29, 1.82) is 0 Å². The van der Waals surface area contributed by atoms with Crippen LogP contribution in [-0.2, 0) is 4.74 Å². The van der Waals surface area contributed by atoms with Gasteiger partial charge in [-0.15, -0.1) is 0 Å². The first-order valence-electron chi connectivity index (χ1n) is 9.48. The van der Waals surface area contributed by atoms with E-state index in [1.165, 1.54) is 11.3 Å². The number of ether oxygens (including phenoxy) is 1. The van der Waals surface area contributed by atoms with Crippen LogP contribution in [0.3, 0.4) is 0 Å². The number of anilines is 3. The highest BCUT2D eigenvalue weighted by Gasteiger charge is 2.15. The molecule has 9 nitrogen and oxygen atoms in total. The van der Waals surface area contributed by atoms with Crippen molar-refractivity contribution in [1.82, 2.24) is 25.3 Å². The molecule has 3 rings (SSSR count). The highest BCUT2D eigenvalue weighted by Crippen LogP contribution is 2.30. The lowest BCUT2D eigenvalue weighted by Crippen LogP contribution is -2.35. The van der Waals surface area contributed by atoms with Crippen LogP contribution in [0.2, 0.25) is 0 Å². The van der Waals surface area contributed by atoms with Gasteiger partial charge in [-0.25, -0.2) is 19.7 Å². The Bertz CT molecular complexity index is 986. The number of thiazole rings is 1. The van der Waals surface area contributed by atoms with Crippen LogP contribution in [0.1, 0.15) is 26.6 Å². The standard InChI is InChI=1S/C20H25N7O2S/c1-13-25-16(22-9-10-23-19(28)29-20(2,3)4)11-17(26-13)27-18-24-12-15(30-18)14-5-7-21-8-6-14/h5-8,11-12H,9-10H2,1-4H3,(H,23,28)(H2,22,24,25,26,27). The van der Waals surface area contributed by atoms with Crippen molar-refractivity contribution in [3.63, 3.8) is 0 Å². The van der Waals surface area contributed by atoms with E-state index in [1.54, 1.807) is 18.5 Å². The van der Waals surface area contributed by atoms with Crippen molar-refractivity contribution < 1.29 is 9.53 Å². The normalized spacial score (nSPS) is 11.1. The molecule has 158 valence electrons. The second-order valence-corrected chi connectivity index (χ2v) is 8.46. The number of carbonyl (C=O) groups is 1. The second kappa shape index (κ2) is 9.49. The zero-order chi connectivity index (χ0) is 21.6. The van der Waals surface area contributed by atoms with E-state index in [2.05, 4.69) is 35.9 Å². The van der Waals surface area contributed by atoms with Gasteiger partial charge in [-0.1, -0.05) is 11.3 Å². The molecule has 0 unspecified atom stereocenters. The average Bonchev–Trinajstić information content (AvgIpc) is 3.13. The summed E-state index contributed by atoms with van der Waals surface area (Å²) in [5.41, 5.74) is 0.545. The zero-order valence-corrected chi connectivity index (χ0v) is 18.2. The molecule has 0 fully saturated rings. The Morgan fingerprint density at radius 3 is 2.60 bits per heavy atom. The van der Waals surface area contributed by atoms with Gasteiger partial charge in [0.15, 0.2) is 5.13 Å². The summed E-state index contributed by atoms with van der Waals surface area (Å²) < 4.78 is 5.21. The fraction of sp³-hybridized carbons (Fsp3) is 0.350. The van der Waals surface area contributed by atoms with Crippen LogP contribution in [-0.4, -0.2) is 44.7 Å². The molecular weight excluding hydrogens is 402 g/mol. The van der Waals surface area contributed by atoms with Gasteiger partial charge in [0.05, 0.1) is 4.88 Å². The fourth-order valence-corrected chi connectivity index (χ4v) is 3.31. The number of alkyl carbamates (subject to hydrolysis) is 1. The van der Waals surface area contributed by atoms with Gasteiger partial charge in [0.1, 0.15) is 23.1 Å². The monoisotopic (exact) mass is 427 g/mol. The quantitative estimate of drug-likeness (QED) is 0.485. The molecule has 0 aliphatic carbocycles. The molecule has 0 saturated carbocycles. The van der Waals surface area contributed by atoms with E-state index in [9.17, 15) is 4.79 Å². The third-order valence-electron chi connectivity index (χ3n) is 3.64. The highest BCUT2D eigenvalue weighted by molar-refractivity contribution is 7.18. The molecule has 30 heavy (non-hydrogen) atoms. The summed E-state index contributed by atoms with van der Waals surface area (Å²) in [6, 6.07) is 5.69. The molecule has 0 atom stereocenters. The highest BCUT2D eigenvalue weighted by atomic mass is 32.1. The lowest BCUT2D eigenvalue weighted by atomic mass is 10.2. The maximum Gasteiger partial charge on any atom is 0.407 e. The van der Waals surface area contributed by atoms with E-state index in [1.807, 2.05) is 46.0 Å². The van der Waals surface area contributed by atoms with Gasteiger partial charge in [0.25, 0.3) is 0 Å². The van der Waals surface area contributed by atoms with E-state index >= 15 is 0 Å². The number of aromatic nitrogens is 4. The fourth-order valence-electron chi connectivity index (χ4n) is 2.48. The van der Waals surface area contributed by atoms with Gasteiger partial charge in [0, 0.05) is 37.7 Å². The van der Waals surface area contributed by atoms with Crippen LogP contribution in [0.5, 0.6) is 0 Å². The molecule has 3 heterocycles. The van der Waals surface area contributed by atoms with Crippen molar-refractivity contribution in [2.24, 2.45) is 0 Å². The van der Waals surface area contributed by atoms with Crippen LogP contribution in [0.15, 0.2) is 36.8 Å². The minimum Gasteiger partial charge on any atom is -0.444 e. The minimum atomic E-state index is -0.519. The van der Waals surface area contributed by atoms with E-state index in [-0.39, 0.29) is 0 Å². The van der Waals surface area contributed by atoms with Gasteiger partial charge in [-0.2, -0.15) is 0 Å². The molecule has 0 aliphatic rings. The van der Waals surface area contributed by atoms with E-state index < -0.39 is 11.7 Å². The number of carbonyl (C=O) groups excluding carboxylic acids is 1. The Hall–Kier alpha value is -3.27. The number of hydrogen-bond acceptors (Lipinski definition) is 9. The first-order chi connectivity index (χ1) is 14.3. The average molecular weight is 428 g/mol. The summed E-state index contributed by atoms with van der Waals surface area (Å²) in [6.07, 6.45) is 4.88. The number of nitrogens with one attached hydrogen (secondary N) is 3. The molecule has 3 N–H and O–H groups in total. The smallest absolute Gasteiger partial charge is 0.407 e. The Morgan fingerprint density at radius 1 is 1.13 bits per heavy atom. The second-order valence-electron chi connectivity index (χ2n) is 7.43. The number of amides is 1. The number of nitrogens with zero attached hydrogens (tertiary/aromatic N) is 4.